The first-order valence-electron chi connectivity index (χ1n) is 5.86. The lowest BCUT2D eigenvalue weighted by Crippen LogP contribution is -2.16. The highest BCUT2D eigenvalue weighted by atomic mass is 79.9. The second kappa shape index (κ2) is 5.95. The Morgan fingerprint density at radius 3 is 2.67 bits per heavy atom. The standard InChI is InChI=1S/C14H15BrFNS/c1-3-10-5-7-13(18-10)14(17-2)9-4-6-12(16)11(15)8-9/h4-8,14,17H,3H2,1-2H3. The Morgan fingerprint density at radius 2 is 2.11 bits per heavy atom. The number of benzene rings is 1. The van der Waals surface area contributed by atoms with Crippen LogP contribution in [-0.2, 0) is 6.42 Å². The molecular weight excluding hydrogens is 313 g/mol. The zero-order valence-corrected chi connectivity index (χ0v) is 12.7. The quantitative estimate of drug-likeness (QED) is 0.870. The van der Waals surface area contributed by atoms with Crippen molar-refractivity contribution in [3.05, 3.63) is 55.9 Å². The molecule has 1 heterocycles. The summed E-state index contributed by atoms with van der Waals surface area (Å²) in [6.45, 7) is 2.15. The number of nitrogens with one attached hydrogen (secondary N) is 1. The molecule has 1 aromatic heterocycles. The van der Waals surface area contributed by atoms with E-state index in [1.165, 1.54) is 15.8 Å². The summed E-state index contributed by atoms with van der Waals surface area (Å²) in [7, 11) is 1.92. The fourth-order valence-corrected chi connectivity index (χ4v) is 3.39. The van der Waals surface area contributed by atoms with Crippen molar-refractivity contribution in [1.29, 1.82) is 0 Å². The molecule has 0 aliphatic rings. The summed E-state index contributed by atoms with van der Waals surface area (Å²) < 4.78 is 13.8. The van der Waals surface area contributed by atoms with E-state index in [4.69, 9.17) is 0 Å². The molecule has 4 heteroatoms. The molecule has 0 radical (unpaired) electrons. The van der Waals surface area contributed by atoms with Crippen molar-refractivity contribution in [2.24, 2.45) is 0 Å². The fraction of sp³-hybridized carbons (Fsp3) is 0.286. The molecule has 96 valence electrons. The molecule has 1 N–H and O–H groups in total. The highest BCUT2D eigenvalue weighted by molar-refractivity contribution is 9.10. The normalized spacial score (nSPS) is 12.7. The van der Waals surface area contributed by atoms with Crippen LogP contribution >= 0.6 is 27.3 Å². The molecule has 0 aliphatic carbocycles. The maximum absolute atomic E-state index is 13.3. The highest BCUT2D eigenvalue weighted by Crippen LogP contribution is 2.30. The van der Waals surface area contributed by atoms with E-state index in [1.807, 2.05) is 19.2 Å². The van der Waals surface area contributed by atoms with Crippen LogP contribution < -0.4 is 5.32 Å². The van der Waals surface area contributed by atoms with Gasteiger partial charge in [0.05, 0.1) is 10.5 Å². The van der Waals surface area contributed by atoms with Crippen LogP contribution in [-0.4, -0.2) is 7.05 Å². The van der Waals surface area contributed by atoms with Gasteiger partial charge < -0.3 is 5.32 Å². The highest BCUT2D eigenvalue weighted by Gasteiger charge is 2.15. The van der Waals surface area contributed by atoms with Gasteiger partial charge in [-0.3, -0.25) is 0 Å². The van der Waals surface area contributed by atoms with Crippen molar-refractivity contribution in [2.45, 2.75) is 19.4 Å². The molecule has 0 saturated carbocycles. The van der Waals surface area contributed by atoms with Gasteiger partial charge in [0.25, 0.3) is 0 Å². The average molecular weight is 328 g/mol. The number of hydrogen-bond acceptors (Lipinski definition) is 2. The van der Waals surface area contributed by atoms with Crippen LogP contribution in [0.2, 0.25) is 0 Å². The Kier molecular flexibility index (Phi) is 4.54. The molecule has 1 atom stereocenters. The van der Waals surface area contributed by atoms with Crippen molar-refractivity contribution in [2.75, 3.05) is 7.05 Å². The minimum absolute atomic E-state index is 0.118. The number of rotatable bonds is 4. The molecule has 0 spiro atoms. The maximum Gasteiger partial charge on any atom is 0.137 e. The van der Waals surface area contributed by atoms with E-state index in [0.29, 0.717) is 4.47 Å². The van der Waals surface area contributed by atoms with Crippen LogP contribution in [0.5, 0.6) is 0 Å². The molecule has 0 amide bonds. The van der Waals surface area contributed by atoms with Gasteiger partial charge in [-0.05, 0) is 59.2 Å². The molecule has 18 heavy (non-hydrogen) atoms. The number of aryl methyl sites for hydroxylation is 1. The van der Waals surface area contributed by atoms with Gasteiger partial charge in [-0.25, -0.2) is 4.39 Å². The van der Waals surface area contributed by atoms with E-state index in [-0.39, 0.29) is 11.9 Å². The lowest BCUT2D eigenvalue weighted by atomic mass is 10.1. The minimum Gasteiger partial charge on any atom is -0.309 e. The molecule has 2 aromatic rings. The van der Waals surface area contributed by atoms with Crippen molar-refractivity contribution < 1.29 is 4.39 Å². The predicted molar refractivity (Wildman–Crippen MR) is 78.7 cm³/mol. The van der Waals surface area contributed by atoms with Crippen molar-refractivity contribution >= 4 is 27.3 Å². The minimum atomic E-state index is -0.228. The van der Waals surface area contributed by atoms with Gasteiger partial charge in [0.2, 0.25) is 0 Å². The number of halogens is 2. The predicted octanol–water partition coefficient (Wildman–Crippen LogP) is 4.52. The lowest BCUT2D eigenvalue weighted by Gasteiger charge is -2.15. The summed E-state index contributed by atoms with van der Waals surface area (Å²) in [6, 6.07) is 9.57. The SMILES string of the molecule is CCc1ccc(C(NC)c2ccc(F)c(Br)c2)s1. The summed E-state index contributed by atoms with van der Waals surface area (Å²) >= 11 is 5.03. The zero-order valence-electron chi connectivity index (χ0n) is 10.3. The average Bonchev–Trinajstić information content (AvgIpc) is 2.83. The van der Waals surface area contributed by atoms with E-state index in [9.17, 15) is 4.39 Å². The monoisotopic (exact) mass is 327 g/mol. The van der Waals surface area contributed by atoms with Gasteiger partial charge >= 0.3 is 0 Å². The molecule has 0 bridgehead atoms. The number of thiophene rings is 1. The Bertz CT molecular complexity index is 538. The third-order valence-electron chi connectivity index (χ3n) is 2.88. The van der Waals surface area contributed by atoms with Crippen LogP contribution in [0.25, 0.3) is 0 Å². The van der Waals surface area contributed by atoms with E-state index in [0.717, 1.165) is 12.0 Å². The second-order valence-electron chi connectivity index (χ2n) is 4.05. The van der Waals surface area contributed by atoms with E-state index in [2.05, 4.69) is 40.3 Å². The second-order valence-corrected chi connectivity index (χ2v) is 6.11. The van der Waals surface area contributed by atoms with Gasteiger partial charge in [0.1, 0.15) is 5.82 Å². The molecule has 1 nitrogen and oxygen atoms in total. The first kappa shape index (κ1) is 13.7. The largest absolute Gasteiger partial charge is 0.309 e. The Labute approximate surface area is 119 Å². The molecule has 0 aliphatic heterocycles. The molecule has 0 fully saturated rings. The van der Waals surface area contributed by atoms with Gasteiger partial charge in [0.15, 0.2) is 0 Å². The third-order valence-corrected chi connectivity index (χ3v) is 4.78. The number of hydrogen-bond donors (Lipinski definition) is 1. The van der Waals surface area contributed by atoms with Crippen LogP contribution in [0.3, 0.4) is 0 Å². The van der Waals surface area contributed by atoms with Crippen molar-refractivity contribution in [3.63, 3.8) is 0 Å². The fourth-order valence-electron chi connectivity index (χ4n) is 1.90. The van der Waals surface area contributed by atoms with Crippen molar-refractivity contribution in [3.8, 4) is 0 Å². The van der Waals surface area contributed by atoms with Gasteiger partial charge in [-0.2, -0.15) is 0 Å². The first-order valence-corrected chi connectivity index (χ1v) is 7.47. The van der Waals surface area contributed by atoms with Crippen LogP contribution in [0.4, 0.5) is 4.39 Å². The molecule has 1 aromatic carbocycles. The Hall–Kier alpha value is -0.710. The van der Waals surface area contributed by atoms with Crippen molar-refractivity contribution in [1.82, 2.24) is 5.32 Å². The molecule has 1 unspecified atom stereocenters. The summed E-state index contributed by atoms with van der Waals surface area (Å²) in [5, 5.41) is 3.29. The Morgan fingerprint density at radius 1 is 1.33 bits per heavy atom. The summed E-state index contributed by atoms with van der Waals surface area (Å²) in [5.41, 5.74) is 1.07. The van der Waals surface area contributed by atoms with E-state index < -0.39 is 0 Å². The van der Waals surface area contributed by atoms with Gasteiger partial charge in [0, 0.05) is 9.75 Å². The third kappa shape index (κ3) is 2.82. The van der Waals surface area contributed by atoms with Gasteiger partial charge in [-0.1, -0.05) is 13.0 Å². The topological polar surface area (TPSA) is 12.0 Å². The summed E-state index contributed by atoms with van der Waals surface area (Å²) in [6.07, 6.45) is 1.05. The molecular formula is C14H15BrFNS. The Balaban J connectivity index is 2.35. The molecule has 2 rings (SSSR count). The van der Waals surface area contributed by atoms with E-state index >= 15 is 0 Å². The van der Waals surface area contributed by atoms with Crippen LogP contribution in [0.1, 0.15) is 28.3 Å². The molecule has 0 saturated heterocycles. The zero-order chi connectivity index (χ0) is 13.1. The lowest BCUT2D eigenvalue weighted by molar-refractivity contribution is 0.617. The van der Waals surface area contributed by atoms with Crippen LogP contribution in [0.15, 0.2) is 34.8 Å². The van der Waals surface area contributed by atoms with Crippen LogP contribution in [0, 0.1) is 5.82 Å². The smallest absolute Gasteiger partial charge is 0.137 e. The summed E-state index contributed by atoms with van der Waals surface area (Å²) in [5.74, 6) is -0.228. The maximum atomic E-state index is 13.3. The summed E-state index contributed by atoms with van der Waals surface area (Å²) in [4.78, 5) is 2.62. The van der Waals surface area contributed by atoms with E-state index in [1.54, 1.807) is 11.3 Å². The first-order chi connectivity index (χ1) is 8.65. The van der Waals surface area contributed by atoms with Gasteiger partial charge in [-0.15, -0.1) is 11.3 Å².